The van der Waals surface area contributed by atoms with Gasteiger partial charge < -0.3 is 15.5 Å². The van der Waals surface area contributed by atoms with E-state index in [1.807, 2.05) is 13.0 Å². The molecule has 110 valence electrons. The van der Waals surface area contributed by atoms with E-state index in [-0.39, 0.29) is 12.5 Å². The lowest BCUT2D eigenvalue weighted by atomic mass is 9.95. The van der Waals surface area contributed by atoms with Crippen LogP contribution in [0.3, 0.4) is 0 Å². The highest BCUT2D eigenvalue weighted by Gasteiger charge is 2.22. The molecule has 1 aromatic carbocycles. The van der Waals surface area contributed by atoms with Gasteiger partial charge in [-0.3, -0.25) is 4.79 Å². The van der Waals surface area contributed by atoms with Crippen LogP contribution in [0.4, 0.5) is 0 Å². The van der Waals surface area contributed by atoms with Gasteiger partial charge in [-0.2, -0.15) is 0 Å². The summed E-state index contributed by atoms with van der Waals surface area (Å²) in [6.45, 7) is 2.68. The monoisotopic (exact) mass is 277 g/mol. The number of aliphatic hydroxyl groups is 1. The van der Waals surface area contributed by atoms with Crippen molar-refractivity contribution in [2.24, 2.45) is 0 Å². The molecule has 0 heterocycles. The zero-order valence-electron chi connectivity index (χ0n) is 11.9. The highest BCUT2D eigenvalue weighted by molar-refractivity contribution is 5.66. The first-order valence-corrected chi connectivity index (χ1v) is 7.36. The molecule has 0 aliphatic heterocycles. The van der Waals surface area contributed by atoms with E-state index >= 15 is 0 Å². The quantitative estimate of drug-likeness (QED) is 0.713. The molecule has 1 aliphatic carbocycles. The number of hydrogen-bond donors (Lipinski definition) is 3. The minimum absolute atomic E-state index is 0.0691. The molecule has 2 atom stereocenters. The first-order chi connectivity index (χ1) is 9.61. The Kier molecular flexibility index (Phi) is 5.15. The number of carbonyl (C=O) groups is 1. The molecule has 2 rings (SSSR count). The van der Waals surface area contributed by atoms with Crippen molar-refractivity contribution in [2.75, 3.05) is 6.54 Å². The SMILES string of the molecule is CCNC(CCC(=O)O)C(O)c1ccc2c(c1)CCC2. The summed E-state index contributed by atoms with van der Waals surface area (Å²) in [5.74, 6) is -0.825. The maximum atomic E-state index is 10.7. The maximum Gasteiger partial charge on any atom is 0.303 e. The number of carboxylic acids is 1. The van der Waals surface area contributed by atoms with Gasteiger partial charge in [-0.05, 0) is 48.9 Å². The van der Waals surface area contributed by atoms with E-state index in [1.165, 1.54) is 17.5 Å². The first-order valence-electron chi connectivity index (χ1n) is 7.36. The first kappa shape index (κ1) is 15.0. The van der Waals surface area contributed by atoms with Crippen LogP contribution in [0.15, 0.2) is 18.2 Å². The smallest absolute Gasteiger partial charge is 0.303 e. The molecule has 0 aromatic heterocycles. The molecular formula is C16H23NO3. The Morgan fingerprint density at radius 1 is 1.35 bits per heavy atom. The second-order valence-corrected chi connectivity index (χ2v) is 5.42. The Morgan fingerprint density at radius 2 is 2.10 bits per heavy atom. The number of carboxylic acid groups (broad SMARTS) is 1. The minimum Gasteiger partial charge on any atom is -0.481 e. The molecule has 0 bridgehead atoms. The summed E-state index contributed by atoms with van der Waals surface area (Å²) in [5, 5.41) is 22.5. The number of benzene rings is 1. The van der Waals surface area contributed by atoms with Crippen molar-refractivity contribution in [2.45, 2.75) is 51.2 Å². The molecule has 0 radical (unpaired) electrons. The van der Waals surface area contributed by atoms with E-state index in [0.29, 0.717) is 13.0 Å². The second kappa shape index (κ2) is 6.86. The molecule has 0 spiro atoms. The lowest BCUT2D eigenvalue weighted by molar-refractivity contribution is -0.137. The van der Waals surface area contributed by atoms with Crippen LogP contribution < -0.4 is 5.32 Å². The average molecular weight is 277 g/mol. The number of nitrogens with one attached hydrogen (secondary N) is 1. The third-order valence-corrected chi connectivity index (χ3v) is 3.98. The number of aliphatic carboxylic acids is 1. The van der Waals surface area contributed by atoms with Gasteiger partial charge in [0.2, 0.25) is 0 Å². The van der Waals surface area contributed by atoms with Crippen LogP contribution in [-0.4, -0.2) is 28.8 Å². The largest absolute Gasteiger partial charge is 0.481 e. The summed E-state index contributed by atoms with van der Waals surface area (Å²) in [5.41, 5.74) is 3.60. The Balaban J connectivity index is 2.09. The summed E-state index contributed by atoms with van der Waals surface area (Å²) in [7, 11) is 0. The summed E-state index contributed by atoms with van der Waals surface area (Å²) in [6, 6.07) is 5.94. The molecule has 4 heteroatoms. The highest BCUT2D eigenvalue weighted by Crippen LogP contribution is 2.27. The summed E-state index contributed by atoms with van der Waals surface area (Å²) >= 11 is 0. The second-order valence-electron chi connectivity index (χ2n) is 5.42. The van der Waals surface area contributed by atoms with Gasteiger partial charge in [0, 0.05) is 12.5 Å². The molecule has 3 N–H and O–H groups in total. The van der Waals surface area contributed by atoms with Gasteiger partial charge in [0.25, 0.3) is 0 Å². The van der Waals surface area contributed by atoms with E-state index in [4.69, 9.17) is 5.11 Å². The molecular weight excluding hydrogens is 254 g/mol. The number of rotatable bonds is 7. The van der Waals surface area contributed by atoms with Crippen molar-refractivity contribution >= 4 is 5.97 Å². The Bertz CT molecular complexity index is 473. The normalized spacial score (nSPS) is 16.7. The molecule has 2 unspecified atom stereocenters. The van der Waals surface area contributed by atoms with Crippen LogP contribution in [0.25, 0.3) is 0 Å². The fourth-order valence-corrected chi connectivity index (χ4v) is 2.92. The van der Waals surface area contributed by atoms with Crippen LogP contribution >= 0.6 is 0 Å². The molecule has 0 fully saturated rings. The van der Waals surface area contributed by atoms with Gasteiger partial charge in [0.1, 0.15) is 0 Å². The van der Waals surface area contributed by atoms with E-state index in [2.05, 4.69) is 17.4 Å². The Morgan fingerprint density at radius 3 is 2.80 bits per heavy atom. The molecule has 0 saturated carbocycles. The number of fused-ring (bicyclic) bond motifs is 1. The summed E-state index contributed by atoms with van der Waals surface area (Å²) in [6.07, 6.45) is 3.24. The fraction of sp³-hybridized carbons (Fsp3) is 0.562. The standard InChI is InChI=1S/C16H23NO3/c1-2-17-14(8-9-15(18)19)16(20)13-7-6-11-4-3-5-12(11)10-13/h6-7,10,14,16-17,20H,2-5,8-9H2,1H3,(H,18,19). The van der Waals surface area contributed by atoms with E-state index in [1.54, 1.807) is 0 Å². The molecule has 1 aromatic rings. The number of aryl methyl sites for hydroxylation is 2. The van der Waals surface area contributed by atoms with Gasteiger partial charge in [0.05, 0.1) is 6.10 Å². The van der Waals surface area contributed by atoms with Gasteiger partial charge >= 0.3 is 5.97 Å². The van der Waals surface area contributed by atoms with Crippen LogP contribution in [0, 0.1) is 0 Å². The molecule has 1 aliphatic rings. The molecule has 0 saturated heterocycles. The topological polar surface area (TPSA) is 69.6 Å². The molecule has 0 amide bonds. The predicted octanol–water partition coefficient (Wildman–Crippen LogP) is 2.05. The number of likely N-dealkylation sites (N-methyl/N-ethyl adjacent to an activating group) is 1. The maximum absolute atomic E-state index is 10.7. The van der Waals surface area contributed by atoms with Crippen molar-refractivity contribution in [3.63, 3.8) is 0 Å². The Labute approximate surface area is 119 Å². The van der Waals surface area contributed by atoms with Crippen molar-refractivity contribution in [3.05, 3.63) is 34.9 Å². The third kappa shape index (κ3) is 3.58. The number of aliphatic hydroxyl groups excluding tert-OH is 1. The van der Waals surface area contributed by atoms with Gasteiger partial charge in [-0.15, -0.1) is 0 Å². The van der Waals surface area contributed by atoms with Gasteiger partial charge in [-0.1, -0.05) is 25.1 Å². The van der Waals surface area contributed by atoms with Crippen molar-refractivity contribution in [1.82, 2.24) is 5.32 Å². The van der Waals surface area contributed by atoms with Crippen molar-refractivity contribution in [3.8, 4) is 0 Å². The van der Waals surface area contributed by atoms with Gasteiger partial charge in [-0.25, -0.2) is 0 Å². The summed E-state index contributed by atoms with van der Waals surface area (Å²) in [4.78, 5) is 10.7. The Hall–Kier alpha value is -1.39. The van der Waals surface area contributed by atoms with Crippen molar-refractivity contribution in [1.29, 1.82) is 0 Å². The van der Waals surface area contributed by atoms with Crippen LogP contribution in [0.5, 0.6) is 0 Å². The predicted molar refractivity (Wildman–Crippen MR) is 77.8 cm³/mol. The van der Waals surface area contributed by atoms with Crippen molar-refractivity contribution < 1.29 is 15.0 Å². The third-order valence-electron chi connectivity index (χ3n) is 3.98. The van der Waals surface area contributed by atoms with E-state index in [9.17, 15) is 9.90 Å². The number of hydrogen-bond acceptors (Lipinski definition) is 3. The lowest BCUT2D eigenvalue weighted by Gasteiger charge is -2.24. The molecule has 4 nitrogen and oxygen atoms in total. The zero-order chi connectivity index (χ0) is 14.5. The highest BCUT2D eigenvalue weighted by atomic mass is 16.4. The van der Waals surface area contributed by atoms with E-state index < -0.39 is 12.1 Å². The average Bonchev–Trinajstić information content (AvgIpc) is 2.89. The van der Waals surface area contributed by atoms with Crippen LogP contribution in [0.2, 0.25) is 0 Å². The van der Waals surface area contributed by atoms with Crippen LogP contribution in [-0.2, 0) is 17.6 Å². The zero-order valence-corrected chi connectivity index (χ0v) is 11.9. The lowest BCUT2D eigenvalue weighted by Crippen LogP contribution is -2.35. The van der Waals surface area contributed by atoms with Gasteiger partial charge in [0.15, 0.2) is 0 Å². The minimum atomic E-state index is -0.825. The molecule has 20 heavy (non-hydrogen) atoms. The van der Waals surface area contributed by atoms with E-state index in [0.717, 1.165) is 18.4 Å². The summed E-state index contributed by atoms with van der Waals surface area (Å²) < 4.78 is 0. The van der Waals surface area contributed by atoms with Crippen LogP contribution in [0.1, 0.15) is 49.0 Å². The fourth-order valence-electron chi connectivity index (χ4n) is 2.92.